The highest BCUT2D eigenvalue weighted by Crippen LogP contribution is 2.30. The number of rotatable bonds is 5. The Labute approximate surface area is 108 Å². The molecule has 3 nitrogen and oxygen atoms in total. The molecule has 0 amide bonds. The third kappa shape index (κ3) is 2.41. The van der Waals surface area contributed by atoms with Crippen LogP contribution in [-0.4, -0.2) is 35.6 Å². The first kappa shape index (κ1) is 13.1. The van der Waals surface area contributed by atoms with Gasteiger partial charge in [0.15, 0.2) is 0 Å². The van der Waals surface area contributed by atoms with Gasteiger partial charge in [-0.2, -0.15) is 0 Å². The zero-order chi connectivity index (χ0) is 13.2. The fraction of sp³-hybridized carbons (Fsp3) is 0.533. The summed E-state index contributed by atoms with van der Waals surface area (Å²) in [4.78, 5) is 13.9. The van der Waals surface area contributed by atoms with Crippen LogP contribution in [0.5, 0.6) is 0 Å². The minimum Gasteiger partial charge on any atom is -0.481 e. The lowest BCUT2D eigenvalue weighted by atomic mass is 9.80. The van der Waals surface area contributed by atoms with Gasteiger partial charge in [0.2, 0.25) is 0 Å². The maximum absolute atomic E-state index is 11.7. The van der Waals surface area contributed by atoms with Crippen LogP contribution < -0.4 is 0 Å². The molecule has 0 heterocycles. The second-order valence-electron chi connectivity index (χ2n) is 5.50. The van der Waals surface area contributed by atoms with Crippen LogP contribution in [0.15, 0.2) is 30.3 Å². The van der Waals surface area contributed by atoms with E-state index in [0.717, 1.165) is 5.56 Å². The summed E-state index contributed by atoms with van der Waals surface area (Å²) >= 11 is 0. The van der Waals surface area contributed by atoms with E-state index in [-0.39, 0.29) is 0 Å². The molecule has 0 radical (unpaired) electrons. The molecule has 98 valence electrons. The Hall–Kier alpha value is -1.35. The number of carboxylic acids is 1. The summed E-state index contributed by atoms with van der Waals surface area (Å²) in [7, 11) is 2.04. The van der Waals surface area contributed by atoms with Gasteiger partial charge in [0.25, 0.3) is 0 Å². The van der Waals surface area contributed by atoms with Crippen molar-refractivity contribution in [3.63, 3.8) is 0 Å². The number of nitrogens with zero attached hydrogens (tertiary/aromatic N) is 1. The quantitative estimate of drug-likeness (QED) is 0.869. The number of hydrogen-bond acceptors (Lipinski definition) is 2. The summed E-state index contributed by atoms with van der Waals surface area (Å²) in [6.45, 7) is 2.39. The minimum atomic E-state index is -0.828. The van der Waals surface area contributed by atoms with E-state index in [2.05, 4.69) is 4.90 Å². The maximum atomic E-state index is 11.7. The standard InChI is InChI=1S/C15H21NO2/c1-15(14(17)18,12-7-4-3-5-8-12)11-16(2)13-9-6-10-13/h3-5,7-8,13H,6,9-11H2,1-2H3,(H,17,18). The number of carboxylic acid groups (broad SMARTS) is 1. The number of benzene rings is 1. The van der Waals surface area contributed by atoms with Crippen LogP contribution in [0.1, 0.15) is 31.7 Å². The van der Waals surface area contributed by atoms with Gasteiger partial charge in [-0.15, -0.1) is 0 Å². The molecule has 3 heteroatoms. The van der Waals surface area contributed by atoms with E-state index >= 15 is 0 Å². The first-order valence-corrected chi connectivity index (χ1v) is 6.53. The van der Waals surface area contributed by atoms with Crippen molar-refractivity contribution < 1.29 is 9.90 Å². The molecule has 1 aliphatic carbocycles. The molecule has 1 atom stereocenters. The van der Waals surface area contributed by atoms with Crippen LogP contribution in [-0.2, 0) is 10.2 Å². The van der Waals surface area contributed by atoms with E-state index in [9.17, 15) is 9.90 Å². The molecule has 18 heavy (non-hydrogen) atoms. The van der Waals surface area contributed by atoms with Gasteiger partial charge in [-0.1, -0.05) is 36.8 Å². The molecular formula is C15H21NO2. The minimum absolute atomic E-state index is 0.562. The Morgan fingerprint density at radius 1 is 1.39 bits per heavy atom. The Kier molecular flexibility index (Phi) is 3.71. The van der Waals surface area contributed by atoms with Gasteiger partial charge < -0.3 is 10.0 Å². The number of aliphatic carboxylic acids is 1. The Balaban J connectivity index is 2.18. The van der Waals surface area contributed by atoms with Crippen molar-refractivity contribution in [1.29, 1.82) is 0 Å². The predicted octanol–water partition coefficient (Wildman–Crippen LogP) is 2.51. The van der Waals surface area contributed by atoms with Crippen molar-refractivity contribution in [2.45, 2.75) is 37.6 Å². The number of hydrogen-bond donors (Lipinski definition) is 1. The number of carbonyl (C=O) groups is 1. The first-order chi connectivity index (χ1) is 8.54. The summed E-state index contributed by atoms with van der Waals surface area (Å²) in [6.07, 6.45) is 3.66. The van der Waals surface area contributed by atoms with Crippen molar-refractivity contribution in [3.8, 4) is 0 Å². The van der Waals surface area contributed by atoms with Gasteiger partial charge >= 0.3 is 5.97 Å². The van der Waals surface area contributed by atoms with Crippen LogP contribution in [0.4, 0.5) is 0 Å². The van der Waals surface area contributed by atoms with Crippen molar-refractivity contribution in [1.82, 2.24) is 4.90 Å². The lowest BCUT2D eigenvalue weighted by Gasteiger charge is -2.39. The molecule has 1 aromatic carbocycles. The molecule has 1 aliphatic rings. The van der Waals surface area contributed by atoms with E-state index in [4.69, 9.17) is 0 Å². The van der Waals surface area contributed by atoms with Gasteiger partial charge in [0, 0.05) is 12.6 Å². The molecule has 2 rings (SSSR count). The zero-order valence-corrected chi connectivity index (χ0v) is 11.1. The fourth-order valence-electron chi connectivity index (χ4n) is 2.54. The van der Waals surface area contributed by atoms with E-state index in [0.29, 0.717) is 12.6 Å². The largest absolute Gasteiger partial charge is 0.481 e. The molecular weight excluding hydrogens is 226 g/mol. The Morgan fingerprint density at radius 2 is 2.00 bits per heavy atom. The highest BCUT2D eigenvalue weighted by Gasteiger charge is 2.38. The van der Waals surface area contributed by atoms with Gasteiger partial charge in [-0.25, -0.2) is 0 Å². The average Bonchev–Trinajstić information content (AvgIpc) is 2.27. The van der Waals surface area contributed by atoms with E-state index in [1.165, 1.54) is 19.3 Å². The Bertz CT molecular complexity index is 414. The van der Waals surface area contributed by atoms with Gasteiger partial charge in [0.1, 0.15) is 5.41 Å². The normalized spacial score (nSPS) is 19.3. The zero-order valence-electron chi connectivity index (χ0n) is 11.1. The van der Waals surface area contributed by atoms with Crippen molar-refractivity contribution in [2.24, 2.45) is 0 Å². The molecule has 0 aromatic heterocycles. The molecule has 1 unspecified atom stereocenters. The molecule has 0 bridgehead atoms. The average molecular weight is 247 g/mol. The third-order valence-corrected chi connectivity index (χ3v) is 4.15. The lowest BCUT2D eigenvalue weighted by molar-refractivity contribution is -0.144. The summed E-state index contributed by atoms with van der Waals surface area (Å²) in [5.74, 6) is -0.750. The SMILES string of the molecule is CN(CC(C)(C(=O)O)c1ccccc1)C1CCC1. The maximum Gasteiger partial charge on any atom is 0.315 e. The van der Waals surface area contributed by atoms with Crippen molar-refractivity contribution >= 4 is 5.97 Å². The smallest absolute Gasteiger partial charge is 0.315 e. The van der Waals surface area contributed by atoms with Gasteiger partial charge in [0.05, 0.1) is 0 Å². The first-order valence-electron chi connectivity index (χ1n) is 6.53. The Morgan fingerprint density at radius 3 is 2.44 bits per heavy atom. The number of likely N-dealkylation sites (N-methyl/N-ethyl adjacent to an activating group) is 1. The van der Waals surface area contributed by atoms with E-state index < -0.39 is 11.4 Å². The van der Waals surface area contributed by atoms with Gasteiger partial charge in [-0.3, -0.25) is 4.79 Å². The molecule has 1 aromatic rings. The molecule has 1 fully saturated rings. The monoisotopic (exact) mass is 247 g/mol. The lowest BCUT2D eigenvalue weighted by Crippen LogP contribution is -2.48. The fourth-order valence-corrected chi connectivity index (χ4v) is 2.54. The van der Waals surface area contributed by atoms with Crippen molar-refractivity contribution in [2.75, 3.05) is 13.6 Å². The van der Waals surface area contributed by atoms with Crippen LogP contribution in [0.3, 0.4) is 0 Å². The van der Waals surface area contributed by atoms with E-state index in [1.54, 1.807) is 0 Å². The summed E-state index contributed by atoms with van der Waals surface area (Å²) in [6, 6.07) is 10.1. The van der Waals surface area contributed by atoms with E-state index in [1.807, 2.05) is 44.3 Å². The van der Waals surface area contributed by atoms with Gasteiger partial charge in [-0.05, 0) is 32.4 Å². The molecule has 0 saturated heterocycles. The third-order valence-electron chi connectivity index (χ3n) is 4.15. The second-order valence-corrected chi connectivity index (χ2v) is 5.50. The second kappa shape index (κ2) is 5.11. The molecule has 0 aliphatic heterocycles. The molecule has 0 spiro atoms. The van der Waals surface area contributed by atoms with Crippen molar-refractivity contribution in [3.05, 3.63) is 35.9 Å². The van der Waals surface area contributed by atoms with Crippen LogP contribution in [0, 0.1) is 0 Å². The molecule has 1 saturated carbocycles. The molecule has 1 N–H and O–H groups in total. The summed E-state index contributed by atoms with van der Waals surface area (Å²) in [5, 5.41) is 9.58. The van der Waals surface area contributed by atoms with Crippen LogP contribution in [0.25, 0.3) is 0 Å². The summed E-state index contributed by atoms with van der Waals surface area (Å²) < 4.78 is 0. The topological polar surface area (TPSA) is 40.5 Å². The van der Waals surface area contributed by atoms with Crippen LogP contribution >= 0.6 is 0 Å². The summed E-state index contributed by atoms with van der Waals surface area (Å²) in [5.41, 5.74) is 0.0506. The van der Waals surface area contributed by atoms with Crippen LogP contribution in [0.2, 0.25) is 0 Å². The predicted molar refractivity (Wildman–Crippen MR) is 71.7 cm³/mol. The highest BCUT2D eigenvalue weighted by molar-refractivity contribution is 5.81. The highest BCUT2D eigenvalue weighted by atomic mass is 16.4.